The van der Waals surface area contributed by atoms with E-state index in [0.29, 0.717) is 33.7 Å². The Balaban J connectivity index is 1.90. The summed E-state index contributed by atoms with van der Waals surface area (Å²) in [7, 11) is 0. The summed E-state index contributed by atoms with van der Waals surface area (Å²) in [4.78, 5) is 23.5. The van der Waals surface area contributed by atoms with Crippen LogP contribution in [0.15, 0.2) is 47.6 Å². The van der Waals surface area contributed by atoms with Gasteiger partial charge in [-0.2, -0.15) is 5.10 Å². The zero-order valence-electron chi connectivity index (χ0n) is 13.3. The molecule has 0 radical (unpaired) electrons. The summed E-state index contributed by atoms with van der Waals surface area (Å²) in [5.41, 5.74) is 3.10. The fourth-order valence-corrected chi connectivity index (χ4v) is 2.18. The van der Waals surface area contributed by atoms with Crippen LogP contribution in [0.4, 0.5) is 5.69 Å². The molecule has 2 aromatic carbocycles. The molecule has 0 fully saturated rings. The van der Waals surface area contributed by atoms with Gasteiger partial charge in [0.05, 0.1) is 22.9 Å². The lowest BCUT2D eigenvalue weighted by atomic mass is 10.2. The molecule has 130 valence electrons. The van der Waals surface area contributed by atoms with Crippen molar-refractivity contribution in [3.63, 3.8) is 0 Å². The van der Waals surface area contributed by atoms with E-state index in [4.69, 9.17) is 27.9 Å². The van der Waals surface area contributed by atoms with Crippen LogP contribution in [0.1, 0.15) is 12.5 Å². The molecule has 0 aromatic heterocycles. The molecule has 0 atom stereocenters. The first-order valence-corrected chi connectivity index (χ1v) is 8.08. The third kappa shape index (κ3) is 5.48. The number of benzene rings is 2. The van der Waals surface area contributed by atoms with E-state index in [9.17, 15) is 9.59 Å². The highest BCUT2D eigenvalue weighted by molar-refractivity contribution is 6.43. The quantitative estimate of drug-likeness (QED) is 0.474. The third-order valence-electron chi connectivity index (χ3n) is 2.98. The van der Waals surface area contributed by atoms with Crippen LogP contribution in [0.5, 0.6) is 5.75 Å². The third-order valence-corrected chi connectivity index (χ3v) is 3.81. The molecule has 0 aliphatic heterocycles. The number of rotatable bonds is 5. The van der Waals surface area contributed by atoms with E-state index in [-0.39, 0.29) is 0 Å². The van der Waals surface area contributed by atoms with Crippen LogP contribution >= 0.6 is 23.2 Å². The van der Waals surface area contributed by atoms with Crippen LogP contribution in [0.2, 0.25) is 10.0 Å². The van der Waals surface area contributed by atoms with Gasteiger partial charge in [-0.15, -0.1) is 0 Å². The maximum Gasteiger partial charge on any atom is 0.329 e. The first-order chi connectivity index (χ1) is 12.0. The first kappa shape index (κ1) is 18.8. The Morgan fingerprint density at radius 3 is 2.52 bits per heavy atom. The molecule has 0 bridgehead atoms. The maximum absolute atomic E-state index is 11.8. The van der Waals surface area contributed by atoms with E-state index in [0.717, 1.165) is 0 Å². The normalized spacial score (nSPS) is 10.5. The molecule has 2 N–H and O–H groups in total. The number of nitrogens with zero attached hydrogens (tertiary/aromatic N) is 1. The predicted molar refractivity (Wildman–Crippen MR) is 98.4 cm³/mol. The number of carbonyl (C=O) groups is 2. The summed E-state index contributed by atoms with van der Waals surface area (Å²) < 4.78 is 5.30. The Labute approximate surface area is 154 Å². The molecule has 0 saturated carbocycles. The fourth-order valence-electron chi connectivity index (χ4n) is 1.82. The zero-order chi connectivity index (χ0) is 18.2. The zero-order valence-corrected chi connectivity index (χ0v) is 14.8. The van der Waals surface area contributed by atoms with E-state index in [1.54, 1.807) is 42.5 Å². The van der Waals surface area contributed by atoms with Crippen molar-refractivity contribution >= 4 is 46.9 Å². The average molecular weight is 380 g/mol. The predicted octanol–water partition coefficient (Wildman–Crippen LogP) is 3.48. The van der Waals surface area contributed by atoms with Gasteiger partial charge in [0.1, 0.15) is 5.75 Å². The van der Waals surface area contributed by atoms with Crippen molar-refractivity contribution in [1.29, 1.82) is 0 Å². The second kappa shape index (κ2) is 9.05. The van der Waals surface area contributed by atoms with Gasteiger partial charge in [0.25, 0.3) is 0 Å². The van der Waals surface area contributed by atoms with Crippen molar-refractivity contribution < 1.29 is 14.3 Å². The van der Waals surface area contributed by atoms with Gasteiger partial charge < -0.3 is 10.1 Å². The van der Waals surface area contributed by atoms with Gasteiger partial charge >= 0.3 is 11.8 Å². The van der Waals surface area contributed by atoms with E-state index in [2.05, 4.69) is 15.8 Å². The minimum atomic E-state index is -0.914. The molecule has 0 saturated heterocycles. The highest BCUT2D eigenvalue weighted by atomic mass is 35.5. The summed E-state index contributed by atoms with van der Waals surface area (Å²) in [6.45, 7) is 2.42. The minimum Gasteiger partial charge on any atom is -0.494 e. The molecule has 2 amide bonds. The number of carbonyl (C=O) groups excluding carboxylic acids is 2. The Morgan fingerprint density at radius 1 is 1.12 bits per heavy atom. The van der Waals surface area contributed by atoms with Gasteiger partial charge in [0, 0.05) is 11.3 Å². The highest BCUT2D eigenvalue weighted by Crippen LogP contribution is 2.24. The monoisotopic (exact) mass is 379 g/mol. The number of hydrogen-bond acceptors (Lipinski definition) is 4. The molecule has 2 rings (SSSR count). The lowest BCUT2D eigenvalue weighted by Gasteiger charge is -2.06. The summed E-state index contributed by atoms with van der Waals surface area (Å²) in [6, 6.07) is 11.6. The van der Waals surface area contributed by atoms with E-state index in [1.807, 2.05) is 6.92 Å². The second-order valence-electron chi connectivity index (χ2n) is 4.75. The molecular formula is C17H15Cl2N3O3. The van der Waals surface area contributed by atoms with Gasteiger partial charge in [0.15, 0.2) is 0 Å². The van der Waals surface area contributed by atoms with Crippen molar-refractivity contribution in [3.05, 3.63) is 58.1 Å². The van der Waals surface area contributed by atoms with Gasteiger partial charge in [-0.1, -0.05) is 35.3 Å². The Bertz CT molecular complexity index is 792. The van der Waals surface area contributed by atoms with Crippen LogP contribution < -0.4 is 15.5 Å². The van der Waals surface area contributed by atoms with Gasteiger partial charge in [0.2, 0.25) is 0 Å². The molecule has 0 heterocycles. The summed E-state index contributed by atoms with van der Waals surface area (Å²) in [5, 5.41) is 6.82. The van der Waals surface area contributed by atoms with Crippen molar-refractivity contribution in [2.45, 2.75) is 6.92 Å². The summed E-state index contributed by atoms with van der Waals surface area (Å²) in [6.07, 6.45) is 1.30. The van der Waals surface area contributed by atoms with Gasteiger partial charge in [-0.25, -0.2) is 5.43 Å². The Hall–Kier alpha value is -2.57. The number of halogens is 2. The molecule has 6 nitrogen and oxygen atoms in total. The summed E-state index contributed by atoms with van der Waals surface area (Å²) in [5.74, 6) is -1.09. The first-order valence-electron chi connectivity index (χ1n) is 7.32. The molecule has 0 unspecified atom stereocenters. The van der Waals surface area contributed by atoms with Crippen LogP contribution in [0.3, 0.4) is 0 Å². The Kier molecular flexibility index (Phi) is 6.80. The number of anilines is 1. The van der Waals surface area contributed by atoms with Crippen LogP contribution in [0.25, 0.3) is 0 Å². The van der Waals surface area contributed by atoms with Crippen molar-refractivity contribution in [1.82, 2.24) is 5.43 Å². The average Bonchev–Trinajstić information content (AvgIpc) is 2.60. The van der Waals surface area contributed by atoms with Gasteiger partial charge in [-0.3, -0.25) is 9.59 Å². The van der Waals surface area contributed by atoms with Crippen LogP contribution in [-0.4, -0.2) is 24.6 Å². The van der Waals surface area contributed by atoms with E-state index in [1.165, 1.54) is 6.21 Å². The largest absolute Gasteiger partial charge is 0.494 e. The summed E-state index contributed by atoms with van der Waals surface area (Å²) >= 11 is 11.9. The standard InChI is InChI=1S/C17H15Cl2N3O3/c1-2-25-13-8-6-12(7-9-13)21-16(23)17(24)22-20-10-11-4-3-5-14(18)15(11)19/h3-10H,2H2,1H3,(H,21,23)(H,22,24). The van der Waals surface area contributed by atoms with Gasteiger partial charge in [-0.05, 0) is 37.3 Å². The van der Waals surface area contributed by atoms with Crippen LogP contribution in [-0.2, 0) is 9.59 Å². The minimum absolute atomic E-state index is 0.306. The van der Waals surface area contributed by atoms with E-state index >= 15 is 0 Å². The van der Waals surface area contributed by atoms with Crippen molar-refractivity contribution in [2.75, 3.05) is 11.9 Å². The molecule has 2 aromatic rings. The lowest BCUT2D eigenvalue weighted by Crippen LogP contribution is -2.32. The van der Waals surface area contributed by atoms with E-state index < -0.39 is 11.8 Å². The van der Waals surface area contributed by atoms with Crippen LogP contribution in [0, 0.1) is 0 Å². The lowest BCUT2D eigenvalue weighted by molar-refractivity contribution is -0.136. The second-order valence-corrected chi connectivity index (χ2v) is 5.54. The number of ether oxygens (including phenoxy) is 1. The fraction of sp³-hybridized carbons (Fsp3) is 0.118. The number of amides is 2. The molecule has 25 heavy (non-hydrogen) atoms. The topological polar surface area (TPSA) is 79.8 Å². The number of nitrogens with one attached hydrogen (secondary N) is 2. The molecule has 0 aliphatic carbocycles. The SMILES string of the molecule is CCOc1ccc(NC(=O)C(=O)NN=Cc2cccc(Cl)c2Cl)cc1. The maximum atomic E-state index is 11.8. The Morgan fingerprint density at radius 2 is 1.84 bits per heavy atom. The smallest absolute Gasteiger partial charge is 0.329 e. The molecule has 0 aliphatic rings. The van der Waals surface area contributed by atoms with Crippen molar-refractivity contribution in [2.24, 2.45) is 5.10 Å². The molecular weight excluding hydrogens is 365 g/mol. The number of hydrazone groups is 1. The highest BCUT2D eigenvalue weighted by Gasteiger charge is 2.13. The van der Waals surface area contributed by atoms with Crippen molar-refractivity contribution in [3.8, 4) is 5.75 Å². The molecule has 8 heteroatoms. The number of hydrogen-bond donors (Lipinski definition) is 2. The molecule has 0 spiro atoms.